The number of hydrogen-bond acceptors (Lipinski definition) is 6. The molecule has 0 fully saturated rings. The molecule has 0 atom stereocenters. The highest BCUT2D eigenvalue weighted by molar-refractivity contribution is 5.47. The van der Waals surface area contributed by atoms with Gasteiger partial charge in [-0.05, 0) is 19.4 Å². The summed E-state index contributed by atoms with van der Waals surface area (Å²) >= 11 is 0. The maximum Gasteiger partial charge on any atom is 0.158 e. The molecule has 2 heterocycles. The summed E-state index contributed by atoms with van der Waals surface area (Å²) in [4.78, 5) is 8.91. The summed E-state index contributed by atoms with van der Waals surface area (Å²) in [5.41, 5.74) is 1.07. The normalized spacial score (nSPS) is 10.6. The van der Waals surface area contributed by atoms with Gasteiger partial charge in [-0.15, -0.1) is 0 Å². The zero-order valence-corrected chi connectivity index (χ0v) is 12.6. The van der Waals surface area contributed by atoms with Crippen molar-refractivity contribution < 1.29 is 9.15 Å². The Bertz CT molecular complexity index is 502. The summed E-state index contributed by atoms with van der Waals surface area (Å²) in [6.45, 7) is 6.68. The minimum atomic E-state index is 0.415. The van der Waals surface area contributed by atoms with E-state index in [-0.39, 0.29) is 0 Å². The van der Waals surface area contributed by atoms with E-state index < -0.39 is 0 Å². The van der Waals surface area contributed by atoms with Crippen molar-refractivity contribution in [2.24, 2.45) is 0 Å². The van der Waals surface area contributed by atoms with Crippen LogP contribution in [-0.2, 0) is 17.9 Å². The van der Waals surface area contributed by atoms with Gasteiger partial charge >= 0.3 is 0 Å². The molecule has 0 saturated carbocycles. The Balaban J connectivity index is 2.05. The van der Waals surface area contributed by atoms with Crippen molar-refractivity contribution in [3.8, 4) is 0 Å². The van der Waals surface area contributed by atoms with E-state index in [4.69, 9.17) is 9.15 Å². The standard InChI is InChI=1S/C15H22N4O2/c1-3-6-16-13-8-14(17-9-12-5-7-21-10-12)19-15(18-13)11-20-4-2/h5,7-8,10H,3-4,6,9,11H2,1-2H3,(H2,16,17,18,19). The fraction of sp³-hybridized carbons (Fsp3) is 0.467. The smallest absolute Gasteiger partial charge is 0.158 e. The Morgan fingerprint density at radius 1 is 1.19 bits per heavy atom. The van der Waals surface area contributed by atoms with Gasteiger partial charge in [0.15, 0.2) is 5.82 Å². The fourth-order valence-electron chi connectivity index (χ4n) is 1.78. The molecule has 6 nitrogen and oxygen atoms in total. The first-order chi connectivity index (χ1) is 10.3. The summed E-state index contributed by atoms with van der Waals surface area (Å²) in [5.74, 6) is 2.27. The molecular weight excluding hydrogens is 268 g/mol. The van der Waals surface area contributed by atoms with E-state index in [1.54, 1.807) is 12.5 Å². The Morgan fingerprint density at radius 3 is 2.67 bits per heavy atom. The van der Waals surface area contributed by atoms with Crippen LogP contribution >= 0.6 is 0 Å². The van der Waals surface area contributed by atoms with Crippen LogP contribution in [0.1, 0.15) is 31.7 Å². The third-order valence-corrected chi connectivity index (χ3v) is 2.82. The Labute approximate surface area is 124 Å². The Hall–Kier alpha value is -2.08. The lowest BCUT2D eigenvalue weighted by Gasteiger charge is -2.10. The third kappa shape index (κ3) is 5.07. The largest absolute Gasteiger partial charge is 0.472 e. The topological polar surface area (TPSA) is 72.2 Å². The lowest BCUT2D eigenvalue weighted by atomic mass is 10.3. The predicted octanol–water partition coefficient (Wildman–Crippen LogP) is 3.04. The predicted molar refractivity (Wildman–Crippen MR) is 82.2 cm³/mol. The van der Waals surface area contributed by atoms with Gasteiger partial charge < -0.3 is 19.8 Å². The van der Waals surface area contributed by atoms with Gasteiger partial charge in [-0.25, -0.2) is 9.97 Å². The van der Waals surface area contributed by atoms with Crippen molar-refractivity contribution in [2.45, 2.75) is 33.4 Å². The monoisotopic (exact) mass is 290 g/mol. The van der Waals surface area contributed by atoms with Crippen LogP contribution in [0.2, 0.25) is 0 Å². The van der Waals surface area contributed by atoms with Crippen LogP contribution in [0.4, 0.5) is 11.6 Å². The second kappa shape index (κ2) is 8.26. The molecule has 2 N–H and O–H groups in total. The number of hydrogen-bond donors (Lipinski definition) is 2. The van der Waals surface area contributed by atoms with Crippen LogP contribution in [0.15, 0.2) is 29.1 Å². The third-order valence-electron chi connectivity index (χ3n) is 2.82. The van der Waals surface area contributed by atoms with E-state index in [0.717, 1.165) is 30.2 Å². The summed E-state index contributed by atoms with van der Waals surface area (Å²) in [6, 6.07) is 3.83. The van der Waals surface area contributed by atoms with Crippen LogP contribution in [0, 0.1) is 0 Å². The quantitative estimate of drug-likeness (QED) is 0.739. The van der Waals surface area contributed by atoms with E-state index in [1.165, 1.54) is 0 Å². The summed E-state index contributed by atoms with van der Waals surface area (Å²) in [5, 5.41) is 6.55. The molecule has 21 heavy (non-hydrogen) atoms. The van der Waals surface area contributed by atoms with Gasteiger partial charge in [0, 0.05) is 31.3 Å². The first-order valence-electron chi connectivity index (χ1n) is 7.26. The van der Waals surface area contributed by atoms with Crippen LogP contribution in [0.3, 0.4) is 0 Å². The van der Waals surface area contributed by atoms with E-state index in [9.17, 15) is 0 Å². The van der Waals surface area contributed by atoms with Crippen molar-refractivity contribution >= 4 is 11.6 Å². The van der Waals surface area contributed by atoms with Crippen LogP contribution in [-0.4, -0.2) is 23.1 Å². The highest BCUT2D eigenvalue weighted by Gasteiger charge is 2.05. The average Bonchev–Trinajstić information content (AvgIpc) is 3.02. The summed E-state index contributed by atoms with van der Waals surface area (Å²) < 4.78 is 10.4. The SMILES string of the molecule is CCCNc1cc(NCc2ccoc2)nc(COCC)n1. The molecule has 2 aromatic rings. The van der Waals surface area contributed by atoms with Crippen molar-refractivity contribution in [3.63, 3.8) is 0 Å². The number of ether oxygens (including phenoxy) is 1. The lowest BCUT2D eigenvalue weighted by molar-refractivity contribution is 0.128. The molecule has 2 rings (SSSR count). The number of furan rings is 1. The van der Waals surface area contributed by atoms with Crippen LogP contribution in [0.5, 0.6) is 0 Å². The summed E-state index contributed by atoms with van der Waals surface area (Å²) in [6.07, 6.45) is 4.42. The second-order valence-electron chi connectivity index (χ2n) is 4.60. The van der Waals surface area contributed by atoms with Gasteiger partial charge in [-0.2, -0.15) is 0 Å². The zero-order chi connectivity index (χ0) is 14.9. The first-order valence-corrected chi connectivity index (χ1v) is 7.26. The molecule has 0 aliphatic carbocycles. The number of aromatic nitrogens is 2. The maximum absolute atomic E-state index is 5.39. The van der Waals surface area contributed by atoms with Gasteiger partial charge in [0.25, 0.3) is 0 Å². The Morgan fingerprint density at radius 2 is 2.00 bits per heavy atom. The molecule has 0 amide bonds. The van der Waals surface area contributed by atoms with Crippen LogP contribution < -0.4 is 10.6 Å². The molecule has 0 unspecified atom stereocenters. The van der Waals surface area contributed by atoms with Crippen molar-refractivity contribution in [1.29, 1.82) is 0 Å². The highest BCUT2D eigenvalue weighted by atomic mass is 16.5. The molecule has 0 aliphatic rings. The second-order valence-corrected chi connectivity index (χ2v) is 4.60. The molecule has 0 saturated heterocycles. The molecule has 0 radical (unpaired) electrons. The van der Waals surface area contributed by atoms with E-state index >= 15 is 0 Å². The highest BCUT2D eigenvalue weighted by Crippen LogP contribution is 2.13. The van der Waals surface area contributed by atoms with E-state index in [1.807, 2.05) is 19.1 Å². The molecule has 0 aromatic carbocycles. The maximum atomic E-state index is 5.39. The van der Waals surface area contributed by atoms with Gasteiger partial charge in [-0.1, -0.05) is 6.92 Å². The van der Waals surface area contributed by atoms with Crippen molar-refractivity contribution in [1.82, 2.24) is 9.97 Å². The van der Waals surface area contributed by atoms with Crippen molar-refractivity contribution in [2.75, 3.05) is 23.8 Å². The minimum absolute atomic E-state index is 0.415. The molecular formula is C15H22N4O2. The zero-order valence-electron chi connectivity index (χ0n) is 12.6. The summed E-state index contributed by atoms with van der Waals surface area (Å²) in [7, 11) is 0. The first kappa shape index (κ1) is 15.3. The van der Waals surface area contributed by atoms with Gasteiger partial charge in [0.1, 0.15) is 18.2 Å². The average molecular weight is 290 g/mol. The number of nitrogens with one attached hydrogen (secondary N) is 2. The lowest BCUT2D eigenvalue weighted by Crippen LogP contribution is -2.09. The fourth-order valence-corrected chi connectivity index (χ4v) is 1.78. The van der Waals surface area contributed by atoms with Gasteiger partial charge in [-0.3, -0.25) is 0 Å². The van der Waals surface area contributed by atoms with Gasteiger partial charge in [0.2, 0.25) is 0 Å². The Kier molecular flexibility index (Phi) is 6.02. The van der Waals surface area contributed by atoms with E-state index in [2.05, 4.69) is 27.5 Å². The minimum Gasteiger partial charge on any atom is -0.472 e. The number of anilines is 2. The molecule has 0 aliphatic heterocycles. The van der Waals surface area contributed by atoms with Crippen LogP contribution in [0.25, 0.3) is 0 Å². The molecule has 0 bridgehead atoms. The van der Waals surface area contributed by atoms with E-state index in [0.29, 0.717) is 25.6 Å². The van der Waals surface area contributed by atoms with Gasteiger partial charge in [0.05, 0.1) is 12.5 Å². The number of rotatable bonds is 9. The molecule has 6 heteroatoms. The number of nitrogens with zero attached hydrogens (tertiary/aromatic N) is 2. The van der Waals surface area contributed by atoms with Crippen molar-refractivity contribution in [3.05, 3.63) is 36.0 Å². The molecule has 2 aromatic heterocycles. The molecule has 114 valence electrons. The molecule has 0 spiro atoms.